The third-order valence-electron chi connectivity index (χ3n) is 7.53. The molecular weight excluding hydrogens is 607 g/mol. The summed E-state index contributed by atoms with van der Waals surface area (Å²) in [6, 6.07) is 13.8. The smallest absolute Gasteiger partial charge is 0.416 e. The Bertz CT molecular complexity index is 1530. The molecule has 46 heavy (non-hydrogen) atoms. The van der Waals surface area contributed by atoms with Crippen molar-refractivity contribution < 1.29 is 42.1 Å². The van der Waals surface area contributed by atoms with E-state index in [1.807, 2.05) is 6.92 Å². The number of aliphatic hydroxyl groups is 1. The first-order chi connectivity index (χ1) is 21.8. The van der Waals surface area contributed by atoms with Crippen LogP contribution in [0.3, 0.4) is 0 Å². The van der Waals surface area contributed by atoms with E-state index in [1.165, 1.54) is 42.2 Å². The lowest BCUT2D eigenvalue weighted by molar-refractivity contribution is -0.137. The quantitative estimate of drug-likeness (QED) is 0.248. The first-order valence-corrected chi connectivity index (χ1v) is 14.4. The highest BCUT2D eigenvalue weighted by atomic mass is 19.4. The lowest BCUT2D eigenvalue weighted by atomic mass is 9.99. The van der Waals surface area contributed by atoms with Crippen LogP contribution in [0.1, 0.15) is 29.8 Å². The van der Waals surface area contributed by atoms with Crippen molar-refractivity contribution in [3.05, 3.63) is 77.9 Å². The van der Waals surface area contributed by atoms with Crippen molar-refractivity contribution in [1.29, 1.82) is 0 Å². The third-order valence-corrected chi connectivity index (χ3v) is 7.53. The molecule has 3 aromatic carbocycles. The Balaban J connectivity index is 1.51. The van der Waals surface area contributed by atoms with Crippen molar-refractivity contribution in [2.75, 3.05) is 49.8 Å². The van der Waals surface area contributed by atoms with E-state index in [2.05, 4.69) is 16.0 Å². The monoisotopic (exact) mass is 643 g/mol. The molecule has 3 atom stereocenters. The Kier molecular flexibility index (Phi) is 10.6. The van der Waals surface area contributed by atoms with Gasteiger partial charge < -0.3 is 40.3 Å². The maximum atomic E-state index is 13.7. The van der Waals surface area contributed by atoms with Gasteiger partial charge in [0.1, 0.15) is 17.6 Å². The highest BCUT2D eigenvalue weighted by molar-refractivity contribution is 6.02. The molecule has 5 amide bonds. The molecule has 1 aliphatic rings. The fraction of sp³-hybridized carbons (Fsp3) is 0.344. The molecule has 0 aromatic heterocycles. The molecule has 1 aliphatic heterocycles. The predicted octanol–water partition coefficient (Wildman–Crippen LogP) is 5.74. The van der Waals surface area contributed by atoms with Gasteiger partial charge >= 0.3 is 18.2 Å². The molecule has 0 bridgehead atoms. The SMILES string of the molecule is COc1ccc(NC(=O)Nc2ccc3c(c2)C(=O)N([C@@H](C)CO)C[C@@H](C)[C@H](CN(C)C(=O)Nc2ccc(C(F)(F)F)cc2)O3)cc1. The van der Waals surface area contributed by atoms with Crippen LogP contribution in [-0.2, 0) is 6.18 Å². The number of carbonyl (C=O) groups is 3. The van der Waals surface area contributed by atoms with Crippen molar-refractivity contribution in [3.8, 4) is 11.5 Å². The molecule has 0 fully saturated rings. The van der Waals surface area contributed by atoms with E-state index in [1.54, 1.807) is 43.3 Å². The number of urea groups is 2. The number of hydrogen-bond acceptors (Lipinski definition) is 6. The van der Waals surface area contributed by atoms with Gasteiger partial charge in [-0.3, -0.25) is 4.79 Å². The maximum Gasteiger partial charge on any atom is 0.416 e. The van der Waals surface area contributed by atoms with E-state index < -0.39 is 41.9 Å². The fourth-order valence-electron chi connectivity index (χ4n) is 4.80. The van der Waals surface area contributed by atoms with E-state index in [-0.39, 0.29) is 42.6 Å². The van der Waals surface area contributed by atoms with Gasteiger partial charge in [0.2, 0.25) is 0 Å². The van der Waals surface area contributed by atoms with Crippen molar-refractivity contribution in [1.82, 2.24) is 9.80 Å². The van der Waals surface area contributed by atoms with Crippen LogP contribution in [0.25, 0.3) is 0 Å². The number of fused-ring (bicyclic) bond motifs is 1. The van der Waals surface area contributed by atoms with Crippen LogP contribution in [0, 0.1) is 5.92 Å². The van der Waals surface area contributed by atoms with Crippen LogP contribution in [0.2, 0.25) is 0 Å². The molecule has 11 nitrogen and oxygen atoms in total. The predicted molar refractivity (Wildman–Crippen MR) is 166 cm³/mol. The number of nitrogens with zero attached hydrogens (tertiary/aromatic N) is 2. The van der Waals surface area contributed by atoms with Gasteiger partial charge in [-0.2, -0.15) is 13.2 Å². The van der Waals surface area contributed by atoms with Gasteiger partial charge in [0.25, 0.3) is 5.91 Å². The van der Waals surface area contributed by atoms with Crippen LogP contribution < -0.4 is 25.4 Å². The van der Waals surface area contributed by atoms with Crippen LogP contribution >= 0.6 is 0 Å². The highest BCUT2D eigenvalue weighted by Crippen LogP contribution is 2.32. The number of likely N-dealkylation sites (N-methyl/N-ethyl adjacent to an activating group) is 1. The Labute approximate surface area is 264 Å². The summed E-state index contributed by atoms with van der Waals surface area (Å²) < 4.78 is 50.1. The minimum Gasteiger partial charge on any atom is -0.497 e. The highest BCUT2D eigenvalue weighted by Gasteiger charge is 2.34. The summed E-state index contributed by atoms with van der Waals surface area (Å²) in [5.74, 6) is 0.135. The molecule has 3 aromatic rings. The summed E-state index contributed by atoms with van der Waals surface area (Å²) in [5, 5.41) is 17.9. The van der Waals surface area contributed by atoms with Gasteiger partial charge in [-0.1, -0.05) is 6.92 Å². The van der Waals surface area contributed by atoms with E-state index in [0.29, 0.717) is 17.1 Å². The number of rotatable bonds is 8. The summed E-state index contributed by atoms with van der Waals surface area (Å²) in [6.45, 7) is 3.51. The molecular formula is C32H36F3N5O6. The van der Waals surface area contributed by atoms with E-state index in [4.69, 9.17) is 9.47 Å². The average Bonchev–Trinajstić information content (AvgIpc) is 3.02. The normalized spacial score (nSPS) is 17.0. The number of hydrogen-bond donors (Lipinski definition) is 4. The lowest BCUT2D eigenvalue weighted by Gasteiger charge is -2.38. The van der Waals surface area contributed by atoms with Crippen LogP contribution in [0.15, 0.2) is 66.7 Å². The number of aliphatic hydroxyl groups excluding tert-OH is 1. The summed E-state index contributed by atoms with van der Waals surface area (Å²) in [7, 11) is 3.05. The van der Waals surface area contributed by atoms with Crippen molar-refractivity contribution in [2.24, 2.45) is 5.92 Å². The van der Waals surface area contributed by atoms with Gasteiger partial charge in [-0.05, 0) is 73.7 Å². The Hall–Kier alpha value is -4.98. The van der Waals surface area contributed by atoms with Gasteiger partial charge in [0, 0.05) is 36.6 Å². The van der Waals surface area contributed by atoms with Gasteiger partial charge in [0.15, 0.2) is 0 Å². The number of methoxy groups -OCH3 is 1. The Morgan fingerprint density at radius 1 is 1.02 bits per heavy atom. The van der Waals surface area contributed by atoms with Gasteiger partial charge in [-0.15, -0.1) is 0 Å². The van der Waals surface area contributed by atoms with Crippen LogP contribution in [0.4, 0.5) is 39.8 Å². The summed E-state index contributed by atoms with van der Waals surface area (Å²) >= 11 is 0. The largest absolute Gasteiger partial charge is 0.497 e. The number of anilines is 3. The van der Waals surface area contributed by atoms with Crippen LogP contribution in [0.5, 0.6) is 11.5 Å². The number of ether oxygens (including phenoxy) is 2. The molecule has 0 spiro atoms. The summed E-state index contributed by atoms with van der Waals surface area (Å²) in [6.07, 6.45) is -5.12. The molecule has 246 valence electrons. The Morgan fingerprint density at radius 2 is 1.61 bits per heavy atom. The van der Waals surface area contributed by atoms with E-state index in [0.717, 1.165) is 12.1 Å². The maximum absolute atomic E-state index is 13.7. The zero-order chi connectivity index (χ0) is 33.6. The number of carbonyl (C=O) groups excluding carboxylic acids is 3. The molecule has 0 unspecified atom stereocenters. The number of benzene rings is 3. The first-order valence-electron chi connectivity index (χ1n) is 14.4. The zero-order valence-corrected chi connectivity index (χ0v) is 25.7. The van der Waals surface area contributed by atoms with Crippen LogP contribution in [-0.4, -0.2) is 78.9 Å². The number of nitrogens with one attached hydrogen (secondary N) is 3. The molecule has 14 heteroatoms. The molecule has 4 rings (SSSR count). The Morgan fingerprint density at radius 3 is 2.22 bits per heavy atom. The second kappa shape index (κ2) is 14.4. The second-order valence-corrected chi connectivity index (χ2v) is 11.0. The van der Waals surface area contributed by atoms with E-state index in [9.17, 15) is 32.7 Å². The lowest BCUT2D eigenvalue weighted by Crippen LogP contribution is -2.50. The number of halogens is 3. The van der Waals surface area contributed by atoms with Gasteiger partial charge in [0.05, 0.1) is 37.4 Å². The van der Waals surface area contributed by atoms with Crippen molar-refractivity contribution in [3.63, 3.8) is 0 Å². The minimum atomic E-state index is -4.50. The van der Waals surface area contributed by atoms with E-state index >= 15 is 0 Å². The molecule has 0 radical (unpaired) electrons. The first kappa shape index (κ1) is 33.9. The van der Waals surface area contributed by atoms with Gasteiger partial charge in [-0.25, -0.2) is 9.59 Å². The second-order valence-electron chi connectivity index (χ2n) is 11.0. The minimum absolute atomic E-state index is 0.0624. The zero-order valence-electron chi connectivity index (χ0n) is 25.7. The molecule has 0 saturated carbocycles. The topological polar surface area (TPSA) is 132 Å². The van der Waals surface area contributed by atoms with Crippen molar-refractivity contribution in [2.45, 2.75) is 32.2 Å². The standard InChI is InChI=1S/C32H36F3N5O6/c1-19-16-40(20(2)18-41)29(42)26-15-24(37-30(43)36-22-9-12-25(45-4)13-10-22)11-14-27(26)46-28(19)17-39(3)31(44)38-23-7-5-21(6-8-23)32(33,34)35/h5-15,19-20,28,41H,16-18H2,1-4H3,(H,38,44)(H2,36,37,43)/t19-,20+,28+/m1/s1. The molecule has 0 saturated heterocycles. The fourth-order valence-corrected chi connectivity index (χ4v) is 4.80. The average molecular weight is 644 g/mol. The van der Waals surface area contributed by atoms with Crippen molar-refractivity contribution >= 4 is 35.0 Å². The summed E-state index contributed by atoms with van der Waals surface area (Å²) in [5.41, 5.74) is 0.344. The number of amides is 5. The molecule has 0 aliphatic carbocycles. The molecule has 1 heterocycles. The number of alkyl halides is 3. The summed E-state index contributed by atoms with van der Waals surface area (Å²) in [4.78, 5) is 42.2. The molecule has 4 N–H and O–H groups in total. The third kappa shape index (κ3) is 8.38.